The molecule has 146 valence electrons. The third-order valence-corrected chi connectivity index (χ3v) is 4.84. The van der Waals surface area contributed by atoms with Gasteiger partial charge >= 0.3 is 5.97 Å². The highest BCUT2D eigenvalue weighted by Crippen LogP contribution is 2.28. The Morgan fingerprint density at radius 2 is 1.69 bits per heavy atom. The number of amides is 1. The molecule has 3 rings (SSSR count). The Morgan fingerprint density at radius 1 is 0.966 bits per heavy atom. The lowest BCUT2D eigenvalue weighted by Gasteiger charge is -2.10. The largest absolute Gasteiger partial charge is 0.493 e. The van der Waals surface area contributed by atoms with Crippen LogP contribution in [0, 0.1) is 3.57 Å². The van der Waals surface area contributed by atoms with Gasteiger partial charge < -0.3 is 9.47 Å². The van der Waals surface area contributed by atoms with Gasteiger partial charge in [0, 0.05) is 3.57 Å². The number of hydrogen-bond donors (Lipinski definition) is 1. The molecule has 29 heavy (non-hydrogen) atoms. The van der Waals surface area contributed by atoms with Crippen molar-refractivity contribution in [3.05, 3.63) is 93.1 Å². The number of methoxy groups -OCH3 is 1. The highest BCUT2D eigenvalue weighted by molar-refractivity contribution is 14.1. The summed E-state index contributed by atoms with van der Waals surface area (Å²) in [5.74, 6) is -0.106. The van der Waals surface area contributed by atoms with E-state index in [0.29, 0.717) is 28.2 Å². The van der Waals surface area contributed by atoms with Crippen LogP contribution >= 0.6 is 22.6 Å². The van der Waals surface area contributed by atoms with E-state index >= 15 is 0 Å². The van der Waals surface area contributed by atoms with E-state index in [0.717, 1.165) is 3.57 Å². The molecule has 7 heteroatoms. The number of nitrogens with zero attached hydrogens (tertiary/aromatic N) is 1. The minimum Gasteiger partial charge on any atom is -0.493 e. The summed E-state index contributed by atoms with van der Waals surface area (Å²) in [6.45, 7) is 0. The molecule has 0 atom stereocenters. The van der Waals surface area contributed by atoms with Gasteiger partial charge in [0.25, 0.3) is 5.91 Å². The zero-order valence-electron chi connectivity index (χ0n) is 15.5. The number of carbonyl (C=O) groups is 2. The van der Waals surface area contributed by atoms with Gasteiger partial charge in [0.2, 0.25) is 0 Å². The molecule has 3 aromatic carbocycles. The van der Waals surface area contributed by atoms with E-state index in [1.807, 2.05) is 18.2 Å². The molecule has 0 aromatic heterocycles. The van der Waals surface area contributed by atoms with Crippen molar-refractivity contribution in [1.29, 1.82) is 0 Å². The Kier molecular flexibility index (Phi) is 6.96. The summed E-state index contributed by atoms with van der Waals surface area (Å²) in [5.41, 5.74) is 4.15. The standard InChI is InChI=1S/C22H17IN2O4/c1-28-20-13-15(14-24-25-21(26)17-9-5-6-10-18(17)23)11-12-19(20)29-22(27)16-7-3-2-4-8-16/h2-14H,1H3,(H,25,26)/b24-14+. The molecule has 0 unspecified atom stereocenters. The molecular formula is C22H17IN2O4. The number of carbonyl (C=O) groups excluding carboxylic acids is 2. The minimum absolute atomic E-state index is 0.293. The van der Waals surface area contributed by atoms with Gasteiger partial charge in [-0.2, -0.15) is 5.10 Å². The fraction of sp³-hybridized carbons (Fsp3) is 0.0455. The van der Waals surface area contributed by atoms with Crippen LogP contribution in [0.1, 0.15) is 26.3 Å². The van der Waals surface area contributed by atoms with Gasteiger partial charge in [-0.1, -0.05) is 30.3 Å². The molecule has 0 aliphatic heterocycles. The van der Waals surface area contributed by atoms with Crippen LogP contribution in [0.3, 0.4) is 0 Å². The molecule has 1 amide bonds. The molecule has 0 aliphatic carbocycles. The van der Waals surface area contributed by atoms with Crippen molar-refractivity contribution in [2.24, 2.45) is 5.10 Å². The molecule has 0 heterocycles. The number of halogens is 1. The highest BCUT2D eigenvalue weighted by atomic mass is 127. The topological polar surface area (TPSA) is 77.0 Å². The lowest BCUT2D eigenvalue weighted by molar-refractivity contribution is 0.0729. The third kappa shape index (κ3) is 5.41. The molecule has 6 nitrogen and oxygen atoms in total. The van der Waals surface area contributed by atoms with Gasteiger partial charge in [0.05, 0.1) is 24.5 Å². The molecule has 1 N–H and O–H groups in total. The van der Waals surface area contributed by atoms with Crippen LogP contribution in [0.4, 0.5) is 0 Å². The van der Waals surface area contributed by atoms with E-state index in [1.165, 1.54) is 13.3 Å². The Labute approximate surface area is 181 Å². The summed E-state index contributed by atoms with van der Waals surface area (Å²) in [5, 5.41) is 3.98. The Morgan fingerprint density at radius 3 is 2.41 bits per heavy atom. The van der Waals surface area contributed by atoms with Crippen molar-refractivity contribution in [1.82, 2.24) is 5.43 Å². The molecule has 3 aromatic rings. The van der Waals surface area contributed by atoms with Crippen molar-refractivity contribution in [3.63, 3.8) is 0 Å². The fourth-order valence-corrected chi connectivity index (χ4v) is 3.09. The molecule has 0 aliphatic rings. The number of hydrazone groups is 1. The van der Waals surface area contributed by atoms with Crippen LogP contribution in [-0.4, -0.2) is 25.2 Å². The summed E-state index contributed by atoms with van der Waals surface area (Å²) in [4.78, 5) is 24.4. The Bertz CT molecular complexity index is 1050. The molecule has 0 saturated carbocycles. The van der Waals surface area contributed by atoms with Crippen LogP contribution < -0.4 is 14.9 Å². The van der Waals surface area contributed by atoms with Gasteiger partial charge in [-0.3, -0.25) is 4.79 Å². The lowest BCUT2D eigenvalue weighted by Crippen LogP contribution is -2.18. The smallest absolute Gasteiger partial charge is 0.343 e. The monoisotopic (exact) mass is 500 g/mol. The first-order chi connectivity index (χ1) is 14.1. The van der Waals surface area contributed by atoms with Crippen LogP contribution in [0.15, 0.2) is 77.9 Å². The predicted octanol–water partition coefficient (Wildman–Crippen LogP) is 4.28. The maximum absolute atomic E-state index is 12.2. The number of ether oxygens (including phenoxy) is 2. The maximum atomic E-state index is 12.2. The average molecular weight is 500 g/mol. The molecule has 0 radical (unpaired) electrons. The summed E-state index contributed by atoms with van der Waals surface area (Å²) in [7, 11) is 1.48. The van der Waals surface area contributed by atoms with E-state index in [1.54, 1.807) is 54.6 Å². The van der Waals surface area contributed by atoms with Crippen LogP contribution in [0.5, 0.6) is 11.5 Å². The summed E-state index contributed by atoms with van der Waals surface area (Å²) in [6.07, 6.45) is 1.49. The summed E-state index contributed by atoms with van der Waals surface area (Å²) in [6, 6.07) is 20.9. The molecule has 0 bridgehead atoms. The maximum Gasteiger partial charge on any atom is 0.343 e. The second-order valence-electron chi connectivity index (χ2n) is 5.84. The van der Waals surface area contributed by atoms with Crippen molar-refractivity contribution in [3.8, 4) is 11.5 Å². The molecule has 0 fully saturated rings. The fourth-order valence-electron chi connectivity index (χ4n) is 2.45. The van der Waals surface area contributed by atoms with E-state index in [4.69, 9.17) is 9.47 Å². The van der Waals surface area contributed by atoms with E-state index in [9.17, 15) is 9.59 Å². The minimum atomic E-state index is -0.477. The van der Waals surface area contributed by atoms with Gasteiger partial charge in [0.15, 0.2) is 11.5 Å². The highest BCUT2D eigenvalue weighted by Gasteiger charge is 2.12. The number of hydrogen-bond acceptors (Lipinski definition) is 5. The van der Waals surface area contributed by atoms with Gasteiger partial charge in [-0.15, -0.1) is 0 Å². The van der Waals surface area contributed by atoms with Crippen molar-refractivity contribution >= 4 is 40.7 Å². The van der Waals surface area contributed by atoms with Crippen molar-refractivity contribution < 1.29 is 19.1 Å². The first-order valence-electron chi connectivity index (χ1n) is 8.61. The first-order valence-corrected chi connectivity index (χ1v) is 9.69. The predicted molar refractivity (Wildman–Crippen MR) is 119 cm³/mol. The average Bonchev–Trinajstić information content (AvgIpc) is 2.75. The third-order valence-electron chi connectivity index (χ3n) is 3.90. The number of nitrogens with one attached hydrogen (secondary N) is 1. The van der Waals surface area contributed by atoms with Gasteiger partial charge in [0.1, 0.15) is 0 Å². The molecule has 0 saturated heterocycles. The quantitative estimate of drug-likeness (QED) is 0.180. The number of benzene rings is 3. The second-order valence-corrected chi connectivity index (χ2v) is 7.01. The summed E-state index contributed by atoms with van der Waals surface area (Å²) < 4.78 is 11.6. The van der Waals surface area contributed by atoms with Gasteiger partial charge in [-0.05, 0) is 70.6 Å². The van der Waals surface area contributed by atoms with E-state index in [2.05, 4.69) is 33.1 Å². The summed E-state index contributed by atoms with van der Waals surface area (Å²) >= 11 is 2.09. The van der Waals surface area contributed by atoms with Crippen LogP contribution in [0.2, 0.25) is 0 Å². The van der Waals surface area contributed by atoms with Crippen LogP contribution in [-0.2, 0) is 0 Å². The van der Waals surface area contributed by atoms with E-state index < -0.39 is 5.97 Å². The lowest BCUT2D eigenvalue weighted by atomic mass is 10.2. The SMILES string of the molecule is COc1cc(/C=N/NC(=O)c2ccccc2I)ccc1OC(=O)c1ccccc1. The zero-order chi connectivity index (χ0) is 20.6. The normalized spacial score (nSPS) is 10.6. The zero-order valence-corrected chi connectivity index (χ0v) is 17.6. The Hall–Kier alpha value is -3.20. The number of rotatable bonds is 6. The Balaban J connectivity index is 1.68. The first kappa shape index (κ1) is 20.5. The van der Waals surface area contributed by atoms with Crippen molar-refractivity contribution in [2.45, 2.75) is 0 Å². The van der Waals surface area contributed by atoms with Crippen molar-refractivity contribution in [2.75, 3.05) is 7.11 Å². The van der Waals surface area contributed by atoms with Crippen LogP contribution in [0.25, 0.3) is 0 Å². The van der Waals surface area contributed by atoms with E-state index in [-0.39, 0.29) is 5.91 Å². The van der Waals surface area contributed by atoms with Gasteiger partial charge in [-0.25, -0.2) is 10.2 Å². The number of esters is 1. The molecule has 0 spiro atoms. The second kappa shape index (κ2) is 9.83. The molecular weight excluding hydrogens is 483 g/mol.